The zero-order valence-electron chi connectivity index (χ0n) is 14.7. The van der Waals surface area contributed by atoms with Gasteiger partial charge in [0.1, 0.15) is 11.9 Å². The summed E-state index contributed by atoms with van der Waals surface area (Å²) in [5, 5.41) is 6.34. The van der Waals surface area contributed by atoms with Crippen molar-refractivity contribution < 1.29 is 14.3 Å². The molecule has 0 saturated carbocycles. The minimum absolute atomic E-state index is 0. The first-order valence-electron chi connectivity index (χ1n) is 8.46. The van der Waals surface area contributed by atoms with Gasteiger partial charge in [-0.1, -0.05) is 32.0 Å². The molecular weight excluding hydrogens is 328 g/mol. The molecule has 1 aromatic carbocycles. The predicted molar refractivity (Wildman–Crippen MR) is 97.8 cm³/mol. The van der Waals surface area contributed by atoms with Crippen molar-refractivity contribution in [2.45, 2.75) is 39.3 Å². The van der Waals surface area contributed by atoms with Gasteiger partial charge in [0.15, 0.2) is 0 Å². The summed E-state index contributed by atoms with van der Waals surface area (Å²) in [6.45, 7) is 8.81. The van der Waals surface area contributed by atoms with Gasteiger partial charge in [-0.3, -0.25) is 4.79 Å². The number of carbonyl (C=O) groups is 1. The zero-order valence-corrected chi connectivity index (χ0v) is 15.5. The van der Waals surface area contributed by atoms with Crippen molar-refractivity contribution >= 4 is 18.3 Å². The standard InChI is InChI=1S/C18H28N2O3.ClH/c1-4-22-16-8-6-5-7-14(16)15(11-13(2)3)20-18(21)17-12-19-9-10-23-17;/h5-8,13,15,17,19H,4,9-12H2,1-3H3,(H,20,21);1H. The topological polar surface area (TPSA) is 59.6 Å². The van der Waals surface area contributed by atoms with E-state index >= 15 is 0 Å². The molecule has 2 unspecified atom stereocenters. The molecule has 0 aliphatic carbocycles. The van der Waals surface area contributed by atoms with Crippen LogP contribution in [0.5, 0.6) is 5.75 Å². The van der Waals surface area contributed by atoms with Gasteiger partial charge < -0.3 is 20.1 Å². The Balaban J connectivity index is 0.00000288. The minimum atomic E-state index is -0.419. The average molecular weight is 357 g/mol. The monoisotopic (exact) mass is 356 g/mol. The molecule has 1 aliphatic rings. The van der Waals surface area contributed by atoms with Gasteiger partial charge in [0.05, 0.1) is 19.3 Å². The normalized spacial score (nSPS) is 18.6. The van der Waals surface area contributed by atoms with Crippen molar-refractivity contribution in [3.63, 3.8) is 0 Å². The number of nitrogens with one attached hydrogen (secondary N) is 2. The summed E-state index contributed by atoms with van der Waals surface area (Å²) >= 11 is 0. The largest absolute Gasteiger partial charge is 0.494 e. The predicted octanol–water partition coefficient (Wildman–Crippen LogP) is 2.70. The first kappa shape index (κ1) is 20.7. The Kier molecular flexibility index (Phi) is 9.11. The molecule has 1 fully saturated rings. The Morgan fingerprint density at radius 2 is 2.17 bits per heavy atom. The molecule has 2 rings (SSSR count). The maximum Gasteiger partial charge on any atom is 0.250 e. The van der Waals surface area contributed by atoms with E-state index in [-0.39, 0.29) is 24.4 Å². The van der Waals surface area contributed by atoms with E-state index in [1.807, 2.05) is 31.2 Å². The maximum absolute atomic E-state index is 12.5. The van der Waals surface area contributed by atoms with Crippen LogP contribution in [0, 0.1) is 5.92 Å². The van der Waals surface area contributed by atoms with Crippen LogP contribution in [0.25, 0.3) is 0 Å². The van der Waals surface area contributed by atoms with E-state index in [0.717, 1.165) is 24.3 Å². The highest BCUT2D eigenvalue weighted by Crippen LogP contribution is 2.29. The maximum atomic E-state index is 12.5. The van der Waals surface area contributed by atoms with Gasteiger partial charge in [-0.05, 0) is 25.3 Å². The first-order chi connectivity index (χ1) is 11.1. The molecule has 6 heteroatoms. The number of amides is 1. The van der Waals surface area contributed by atoms with Crippen molar-refractivity contribution in [1.29, 1.82) is 0 Å². The zero-order chi connectivity index (χ0) is 16.7. The third-order valence-corrected chi connectivity index (χ3v) is 3.84. The fraction of sp³-hybridized carbons (Fsp3) is 0.611. The summed E-state index contributed by atoms with van der Waals surface area (Å²) in [5.41, 5.74) is 1.03. The minimum Gasteiger partial charge on any atom is -0.494 e. The lowest BCUT2D eigenvalue weighted by molar-refractivity contribution is -0.135. The second kappa shape index (κ2) is 10.5. The third-order valence-electron chi connectivity index (χ3n) is 3.84. The molecule has 1 aromatic rings. The Morgan fingerprint density at radius 3 is 2.79 bits per heavy atom. The van der Waals surface area contributed by atoms with Gasteiger partial charge >= 0.3 is 0 Å². The summed E-state index contributed by atoms with van der Waals surface area (Å²) in [4.78, 5) is 12.5. The van der Waals surface area contributed by atoms with E-state index in [0.29, 0.717) is 25.7 Å². The number of carbonyl (C=O) groups excluding carboxylic acids is 1. The van der Waals surface area contributed by atoms with E-state index in [4.69, 9.17) is 9.47 Å². The molecule has 0 radical (unpaired) electrons. The summed E-state index contributed by atoms with van der Waals surface area (Å²) in [6, 6.07) is 7.85. The van der Waals surface area contributed by atoms with Crippen molar-refractivity contribution in [3.05, 3.63) is 29.8 Å². The molecule has 1 heterocycles. The number of benzene rings is 1. The quantitative estimate of drug-likeness (QED) is 0.788. The average Bonchev–Trinajstić information content (AvgIpc) is 2.55. The van der Waals surface area contributed by atoms with Gasteiger partial charge in [-0.25, -0.2) is 0 Å². The molecule has 136 valence electrons. The second-order valence-electron chi connectivity index (χ2n) is 6.23. The van der Waals surface area contributed by atoms with Gasteiger partial charge in [0.2, 0.25) is 0 Å². The molecule has 5 nitrogen and oxygen atoms in total. The van der Waals surface area contributed by atoms with Crippen molar-refractivity contribution in [1.82, 2.24) is 10.6 Å². The SMILES string of the molecule is CCOc1ccccc1C(CC(C)C)NC(=O)C1CNCCO1.Cl. The Bertz CT molecular complexity index is 505. The lowest BCUT2D eigenvalue weighted by atomic mass is 9.96. The van der Waals surface area contributed by atoms with Gasteiger partial charge in [-0.2, -0.15) is 0 Å². The number of hydrogen-bond acceptors (Lipinski definition) is 4. The fourth-order valence-electron chi connectivity index (χ4n) is 2.79. The molecule has 2 atom stereocenters. The Hall–Kier alpha value is -1.30. The highest BCUT2D eigenvalue weighted by atomic mass is 35.5. The van der Waals surface area contributed by atoms with Crippen LogP contribution in [0.2, 0.25) is 0 Å². The molecule has 0 aromatic heterocycles. The van der Waals surface area contributed by atoms with Crippen LogP contribution in [0.15, 0.2) is 24.3 Å². The highest BCUT2D eigenvalue weighted by Gasteiger charge is 2.26. The van der Waals surface area contributed by atoms with E-state index < -0.39 is 6.10 Å². The number of morpholine rings is 1. The summed E-state index contributed by atoms with van der Waals surface area (Å²) in [7, 11) is 0. The smallest absolute Gasteiger partial charge is 0.250 e. The number of halogens is 1. The molecule has 0 bridgehead atoms. The van der Waals surface area contributed by atoms with Crippen LogP contribution in [0.3, 0.4) is 0 Å². The highest BCUT2D eigenvalue weighted by molar-refractivity contribution is 5.85. The summed E-state index contributed by atoms with van der Waals surface area (Å²) < 4.78 is 11.3. The van der Waals surface area contributed by atoms with Gasteiger partial charge in [-0.15, -0.1) is 12.4 Å². The lowest BCUT2D eigenvalue weighted by Gasteiger charge is -2.27. The van der Waals surface area contributed by atoms with Crippen LogP contribution in [0.1, 0.15) is 38.8 Å². The van der Waals surface area contributed by atoms with Crippen molar-refractivity contribution in [3.8, 4) is 5.75 Å². The van der Waals surface area contributed by atoms with Gasteiger partial charge in [0, 0.05) is 18.7 Å². The molecule has 1 aliphatic heterocycles. The van der Waals surface area contributed by atoms with Crippen LogP contribution in [0.4, 0.5) is 0 Å². The molecule has 2 N–H and O–H groups in total. The summed E-state index contributed by atoms with van der Waals surface area (Å²) in [5.74, 6) is 1.23. The van der Waals surface area contributed by atoms with Crippen LogP contribution < -0.4 is 15.4 Å². The van der Waals surface area contributed by atoms with Gasteiger partial charge in [0.25, 0.3) is 5.91 Å². The Labute approximate surface area is 150 Å². The number of para-hydroxylation sites is 1. The van der Waals surface area contributed by atoms with E-state index in [1.54, 1.807) is 0 Å². The summed E-state index contributed by atoms with van der Waals surface area (Å²) in [6.07, 6.45) is 0.438. The second-order valence-corrected chi connectivity index (χ2v) is 6.23. The first-order valence-corrected chi connectivity index (χ1v) is 8.46. The molecular formula is C18H29ClN2O3. The van der Waals surface area contributed by atoms with E-state index in [2.05, 4.69) is 24.5 Å². The van der Waals surface area contributed by atoms with E-state index in [9.17, 15) is 4.79 Å². The number of hydrogen-bond donors (Lipinski definition) is 2. The van der Waals surface area contributed by atoms with E-state index in [1.165, 1.54) is 0 Å². The molecule has 0 spiro atoms. The third kappa shape index (κ3) is 5.96. The van der Waals surface area contributed by atoms with Crippen LogP contribution >= 0.6 is 12.4 Å². The number of ether oxygens (including phenoxy) is 2. The van der Waals surface area contributed by atoms with Crippen molar-refractivity contribution in [2.24, 2.45) is 5.92 Å². The lowest BCUT2D eigenvalue weighted by Crippen LogP contribution is -2.48. The molecule has 1 amide bonds. The fourth-order valence-corrected chi connectivity index (χ4v) is 2.79. The van der Waals surface area contributed by atoms with Crippen LogP contribution in [-0.4, -0.2) is 38.3 Å². The van der Waals surface area contributed by atoms with Crippen LogP contribution in [-0.2, 0) is 9.53 Å². The molecule has 1 saturated heterocycles. The van der Waals surface area contributed by atoms with Crippen molar-refractivity contribution in [2.75, 3.05) is 26.3 Å². The Morgan fingerprint density at radius 1 is 1.42 bits per heavy atom. The number of rotatable bonds is 7. The molecule has 24 heavy (non-hydrogen) atoms.